The highest BCUT2D eigenvalue weighted by molar-refractivity contribution is 5.86. The van der Waals surface area contributed by atoms with Crippen molar-refractivity contribution in [2.45, 2.75) is 57.0 Å². The number of hydrogen-bond acceptors (Lipinski definition) is 6. The van der Waals surface area contributed by atoms with Gasteiger partial charge in [-0.3, -0.25) is 9.59 Å². The van der Waals surface area contributed by atoms with Crippen LogP contribution < -0.4 is 0 Å². The Morgan fingerprint density at radius 3 is 2.67 bits per heavy atom. The summed E-state index contributed by atoms with van der Waals surface area (Å²) in [6.45, 7) is 5.77. The predicted octanol–water partition coefficient (Wildman–Crippen LogP) is 0.164. The molecule has 3 heterocycles. The Morgan fingerprint density at radius 2 is 1.95 bits per heavy atom. The van der Waals surface area contributed by atoms with Crippen LogP contribution in [0.4, 0.5) is 0 Å². The lowest BCUT2D eigenvalue weighted by Gasteiger charge is -2.44. The molecule has 0 radical (unpaired) electrons. The quantitative estimate of drug-likeness (QED) is 0.506. The van der Waals surface area contributed by atoms with Crippen LogP contribution in [0.5, 0.6) is 0 Å². The first-order valence-electron chi connectivity index (χ1n) is 7.45. The Kier molecular flexibility index (Phi) is 1.62. The molecule has 3 saturated heterocycles. The van der Waals surface area contributed by atoms with Crippen molar-refractivity contribution in [1.29, 1.82) is 0 Å². The van der Waals surface area contributed by atoms with Crippen molar-refractivity contribution < 1.29 is 28.9 Å². The molecule has 0 spiro atoms. The summed E-state index contributed by atoms with van der Waals surface area (Å²) in [5.74, 6) is -0.712. The second-order valence-corrected chi connectivity index (χ2v) is 7.88. The van der Waals surface area contributed by atoms with E-state index in [1.165, 1.54) is 0 Å². The molecule has 21 heavy (non-hydrogen) atoms. The molecular formula is C15H18O6. The molecule has 0 aromatic heterocycles. The zero-order valence-corrected chi connectivity index (χ0v) is 12.3. The summed E-state index contributed by atoms with van der Waals surface area (Å²) >= 11 is 0. The van der Waals surface area contributed by atoms with Crippen molar-refractivity contribution in [1.82, 2.24) is 0 Å². The first-order valence-corrected chi connectivity index (χ1v) is 7.45. The van der Waals surface area contributed by atoms with Crippen LogP contribution in [0, 0.1) is 16.2 Å². The van der Waals surface area contributed by atoms with Gasteiger partial charge in [-0.15, -0.1) is 0 Å². The second kappa shape index (κ2) is 2.74. The fraction of sp³-hybridized carbons (Fsp3) is 0.867. The van der Waals surface area contributed by atoms with Gasteiger partial charge < -0.3 is 19.3 Å². The fourth-order valence-corrected chi connectivity index (χ4v) is 6.24. The molecule has 3 aliphatic heterocycles. The van der Waals surface area contributed by atoms with Crippen LogP contribution in [0.15, 0.2) is 0 Å². The summed E-state index contributed by atoms with van der Waals surface area (Å²) in [6, 6.07) is 0. The van der Waals surface area contributed by atoms with Gasteiger partial charge in [0.15, 0.2) is 0 Å². The predicted molar refractivity (Wildman–Crippen MR) is 66.9 cm³/mol. The van der Waals surface area contributed by atoms with Gasteiger partial charge in [0.2, 0.25) is 0 Å². The van der Waals surface area contributed by atoms with Gasteiger partial charge in [-0.2, -0.15) is 0 Å². The minimum absolute atomic E-state index is 0.0164. The number of rotatable bonds is 0. The minimum Gasteiger partial charge on any atom is -0.464 e. The largest absolute Gasteiger partial charge is 0.464 e. The maximum atomic E-state index is 12.4. The van der Waals surface area contributed by atoms with Gasteiger partial charge in [0.05, 0.1) is 29.5 Å². The van der Waals surface area contributed by atoms with Crippen LogP contribution in [0.1, 0.15) is 33.6 Å². The van der Waals surface area contributed by atoms with Crippen molar-refractivity contribution in [2.75, 3.05) is 6.61 Å². The molecule has 2 aliphatic carbocycles. The summed E-state index contributed by atoms with van der Waals surface area (Å²) in [6.07, 6.45) is -0.374. The molecule has 6 heteroatoms. The van der Waals surface area contributed by atoms with E-state index in [2.05, 4.69) is 0 Å². The van der Waals surface area contributed by atoms with Crippen molar-refractivity contribution in [3.8, 4) is 0 Å². The maximum absolute atomic E-state index is 12.4. The zero-order chi connectivity index (χ0) is 15.1. The van der Waals surface area contributed by atoms with E-state index in [0.717, 1.165) is 0 Å². The van der Waals surface area contributed by atoms with Crippen LogP contribution in [-0.4, -0.2) is 47.1 Å². The number of cyclic esters (lactones) is 1. The van der Waals surface area contributed by atoms with E-state index in [9.17, 15) is 14.7 Å². The Hall–Kier alpha value is -1.14. The molecule has 114 valence electrons. The Labute approximate surface area is 121 Å². The molecule has 0 aromatic rings. The fourth-order valence-electron chi connectivity index (χ4n) is 6.24. The Balaban J connectivity index is 1.85. The number of carbonyl (C=O) groups excluding carboxylic acids is 2. The molecule has 0 aromatic carbocycles. The monoisotopic (exact) mass is 294 g/mol. The molecule has 0 bridgehead atoms. The lowest BCUT2D eigenvalue weighted by molar-refractivity contribution is -0.175. The summed E-state index contributed by atoms with van der Waals surface area (Å²) in [5, 5.41) is 11.2. The van der Waals surface area contributed by atoms with Crippen LogP contribution in [0.3, 0.4) is 0 Å². The van der Waals surface area contributed by atoms with Crippen molar-refractivity contribution >= 4 is 11.9 Å². The highest BCUT2D eigenvalue weighted by Crippen LogP contribution is 2.84. The van der Waals surface area contributed by atoms with E-state index < -0.39 is 39.5 Å². The van der Waals surface area contributed by atoms with Gasteiger partial charge in [0.25, 0.3) is 0 Å². The number of aliphatic hydroxyl groups is 1. The maximum Gasteiger partial charge on any atom is 0.315 e. The molecule has 2 saturated carbocycles. The molecule has 5 fully saturated rings. The average Bonchev–Trinajstić information content (AvgIpc) is 2.69. The van der Waals surface area contributed by atoms with Gasteiger partial charge in [-0.05, 0) is 13.8 Å². The van der Waals surface area contributed by atoms with E-state index in [0.29, 0.717) is 6.42 Å². The van der Waals surface area contributed by atoms with Crippen LogP contribution in [0.2, 0.25) is 0 Å². The van der Waals surface area contributed by atoms with Crippen molar-refractivity contribution in [3.05, 3.63) is 0 Å². The molecule has 5 rings (SSSR count). The number of hydrogen-bond donors (Lipinski definition) is 1. The van der Waals surface area contributed by atoms with Gasteiger partial charge in [0.1, 0.15) is 23.2 Å². The average molecular weight is 294 g/mol. The normalized spacial score (nSPS) is 66.3. The molecular weight excluding hydrogens is 276 g/mol. The highest BCUT2D eigenvalue weighted by Gasteiger charge is 2.98. The van der Waals surface area contributed by atoms with E-state index in [1.807, 2.05) is 13.8 Å². The van der Waals surface area contributed by atoms with E-state index in [-0.39, 0.29) is 25.1 Å². The highest BCUT2D eigenvalue weighted by atomic mass is 16.6. The molecule has 0 unspecified atom stereocenters. The number of carbonyl (C=O) groups is 2. The molecule has 0 amide bonds. The van der Waals surface area contributed by atoms with E-state index >= 15 is 0 Å². The lowest BCUT2D eigenvalue weighted by atomic mass is 9.62. The Bertz CT molecular complexity index is 632. The minimum atomic E-state index is -1.06. The number of ether oxygens (including phenoxy) is 3. The summed E-state index contributed by atoms with van der Waals surface area (Å²) in [5.41, 5.74) is -4.08. The van der Waals surface area contributed by atoms with Crippen LogP contribution in [0.25, 0.3) is 0 Å². The number of aliphatic hydroxyl groups excluding tert-OH is 1. The number of epoxide rings is 1. The van der Waals surface area contributed by atoms with Gasteiger partial charge >= 0.3 is 11.9 Å². The molecule has 7 atom stereocenters. The summed E-state index contributed by atoms with van der Waals surface area (Å²) in [7, 11) is 0. The van der Waals surface area contributed by atoms with Gasteiger partial charge in [-0.1, -0.05) is 6.92 Å². The number of fused-ring (bicyclic) bond motifs is 2. The van der Waals surface area contributed by atoms with Crippen molar-refractivity contribution in [3.63, 3.8) is 0 Å². The molecule has 5 aliphatic rings. The van der Waals surface area contributed by atoms with Crippen LogP contribution >= 0.6 is 0 Å². The Morgan fingerprint density at radius 1 is 1.24 bits per heavy atom. The molecule has 6 nitrogen and oxygen atoms in total. The smallest absolute Gasteiger partial charge is 0.315 e. The lowest BCUT2D eigenvalue weighted by Crippen LogP contribution is -2.56. The third-order valence-corrected chi connectivity index (χ3v) is 7.70. The topological polar surface area (TPSA) is 85.4 Å². The van der Waals surface area contributed by atoms with Gasteiger partial charge in [0, 0.05) is 6.42 Å². The second-order valence-electron chi connectivity index (χ2n) is 7.88. The first-order chi connectivity index (χ1) is 9.70. The standard InChI is InChI=1S/C15H18O6/c1-11-6-19-10(18)12(11,2)9(17)14-5-8(16)21-15(11,14)4-7-13(14,3)20-7/h7,9,17H,4-6H2,1-3H3/t7-,9-,11+,12-,13-,14+,15-/m1/s1. The summed E-state index contributed by atoms with van der Waals surface area (Å²) in [4.78, 5) is 24.5. The third kappa shape index (κ3) is 0.781. The van der Waals surface area contributed by atoms with E-state index in [1.54, 1.807) is 6.92 Å². The zero-order valence-electron chi connectivity index (χ0n) is 12.3. The first kappa shape index (κ1) is 12.4. The van der Waals surface area contributed by atoms with E-state index in [4.69, 9.17) is 14.2 Å². The van der Waals surface area contributed by atoms with Crippen molar-refractivity contribution in [2.24, 2.45) is 16.2 Å². The summed E-state index contributed by atoms with van der Waals surface area (Å²) < 4.78 is 17.0. The third-order valence-electron chi connectivity index (χ3n) is 7.70. The van der Waals surface area contributed by atoms with Gasteiger partial charge in [-0.25, -0.2) is 0 Å². The number of esters is 2. The van der Waals surface area contributed by atoms with Crippen LogP contribution in [-0.2, 0) is 23.8 Å². The SMILES string of the molecule is C[C@]12COC(=O)[C@@]1(C)[C@@H](O)[C@]13CC(=O)O[C@]21C[C@H]1O[C@]13C. The molecule has 1 N–H and O–H groups in total.